The highest BCUT2D eigenvalue weighted by Crippen LogP contribution is 2.33. The normalized spacial score (nSPS) is 12.4. The molecule has 0 saturated carbocycles. The first-order valence-electron chi connectivity index (χ1n) is 44.1. The minimum absolute atomic E-state index is 0.00877. The molecular weight excluding hydrogens is 1850 g/mol. The third-order valence-corrected chi connectivity index (χ3v) is 31.2. The first-order chi connectivity index (χ1) is 65.1. The van der Waals surface area contributed by atoms with Crippen LogP contribution in [0.25, 0.3) is 0 Å². The van der Waals surface area contributed by atoms with E-state index in [1.165, 1.54) is 80.8 Å². The highest BCUT2D eigenvalue weighted by molar-refractivity contribution is 8.02. The van der Waals surface area contributed by atoms with Crippen LogP contribution in [-0.4, -0.2) is 68.7 Å². The van der Waals surface area contributed by atoms with E-state index < -0.39 is 52.0 Å². The topological polar surface area (TPSA) is 278 Å². The number of phenols is 1. The molecule has 23 heteroatoms. The van der Waals surface area contributed by atoms with Crippen LogP contribution in [-0.2, 0) is 109 Å². The van der Waals surface area contributed by atoms with Crippen molar-refractivity contribution in [3.8, 4) is 11.5 Å². The molecule has 0 saturated heterocycles. The van der Waals surface area contributed by atoms with Crippen molar-refractivity contribution in [3.63, 3.8) is 0 Å². The van der Waals surface area contributed by atoms with Gasteiger partial charge in [-0.1, -0.05) is 307 Å². The first kappa shape index (κ1) is 115. The number of hydrogen-bond donors (Lipinski definition) is 2. The molecule has 0 aromatic heterocycles. The van der Waals surface area contributed by atoms with Gasteiger partial charge in [0.1, 0.15) is 65.4 Å². The van der Waals surface area contributed by atoms with Crippen molar-refractivity contribution in [2.24, 2.45) is 0 Å². The fourth-order valence-corrected chi connectivity index (χ4v) is 21.0. The first-order valence-corrected chi connectivity index (χ1v) is 55.3. The van der Waals surface area contributed by atoms with Crippen LogP contribution in [0.15, 0.2) is 486 Å². The molecule has 0 aliphatic rings. The Labute approximate surface area is 822 Å². The van der Waals surface area contributed by atoms with Crippen molar-refractivity contribution in [2.45, 2.75) is 173 Å². The zero-order valence-electron chi connectivity index (χ0n) is 78.4. The highest BCUT2D eigenvalue weighted by atomic mass is 32.2. The average molecular weight is 1980 g/mol. The summed E-state index contributed by atoms with van der Waals surface area (Å²) >= 11 is 0. The fourth-order valence-electron chi connectivity index (χ4n) is 12.2. The Bertz CT molecular complexity index is 5880. The molecule has 12 aromatic rings. The van der Waals surface area contributed by atoms with Gasteiger partial charge in [0.2, 0.25) is 0 Å². The van der Waals surface area contributed by atoms with Gasteiger partial charge in [0, 0.05) is 6.61 Å². The van der Waals surface area contributed by atoms with Gasteiger partial charge in [0.05, 0.1) is 85.1 Å². The van der Waals surface area contributed by atoms with Gasteiger partial charge in [-0.15, -0.1) is 0 Å². The standard InChI is InChI=1S/C20H19OS.C17H20O4S.C16H14OS.2C14H15S.2C11H16O3S.C10H14O3S/c21-16-15-17-11-13-20(14-12-17)22(18-7-3-1-4-8-18)19-9-5-2-6-10-19;1-3-13(2)15-6-8-16(9-7-15)21-12-14-4-10-17(11-5-14)22(18,19)20;1-2-3-13-18(15-7-5-4-6-8-15)16-11-9-14(17)10-12-16;2*1-3-5-12-15(13-6-4-2)14-10-8-7-9-11-14;2*1-3-9(2)11-6-4-10(5-7-11)8-15(12,13)14;1-3-8(2)9-4-6-10(7-5-9)14(11,12)13/h1-14,21H,15-16H2;4-11,13H,3,12H2,1-2H3,(H,18,19,20);2-13H,1H2;2*3-13H,1-2H2;2*4-7,9H,3,8H2,1-2H3,(H,12,13,14);4-8H,3H2,1-2H3,(H,11,12,13)/q+1;;;2*+1;;;/p-3/b;;13-3+;2*12-5+,13-6+;;;. The van der Waals surface area contributed by atoms with Crippen LogP contribution >= 0.6 is 0 Å². The Morgan fingerprint density at radius 3 is 0.875 bits per heavy atom. The van der Waals surface area contributed by atoms with Crippen molar-refractivity contribution in [1.82, 2.24) is 0 Å². The smallest absolute Gasteiger partial charge is 0.166 e. The van der Waals surface area contributed by atoms with Gasteiger partial charge in [-0.2, -0.15) is 0 Å². The SMILES string of the molecule is C=C/C=C/[S+](/C=C/C=C)c1ccccc1.C=C/C=C/[S+](/C=C/C=C)c1ccccc1.C=C/C=C/[S+](c1ccccc1)c1ccc(O)cc1.CCC(C)c1ccc(CS(=O)(=O)[O-])cc1.CCC(C)c1ccc(CS(=O)(=O)[O-])cc1.CCC(C)c1ccc(OCc2ccc(S(=O)(=O)[O-])cc2)cc1.CCC(C)c1ccc(S(=O)(=O)[O-])cc1.OCCc1ccc([S+](c2ccccc2)c2ccccc2)cc1. The molecule has 0 spiro atoms. The lowest BCUT2D eigenvalue weighted by Crippen LogP contribution is -2.04. The van der Waals surface area contributed by atoms with E-state index in [0.29, 0.717) is 53.6 Å². The van der Waals surface area contributed by atoms with Gasteiger partial charge >= 0.3 is 0 Å². The van der Waals surface area contributed by atoms with E-state index in [4.69, 9.17) is 9.84 Å². The predicted octanol–water partition coefficient (Wildman–Crippen LogP) is 26.8. The molecule has 5 unspecified atom stereocenters. The largest absolute Gasteiger partial charge is 0.748 e. The molecule has 12 rings (SSSR count). The molecule has 136 heavy (non-hydrogen) atoms. The van der Waals surface area contributed by atoms with Crippen molar-refractivity contribution < 1.29 is 66.8 Å². The second-order valence-corrected chi connectivity index (χ2v) is 43.5. The van der Waals surface area contributed by atoms with E-state index in [0.717, 1.165) is 42.6 Å². The molecule has 0 amide bonds. The summed E-state index contributed by atoms with van der Waals surface area (Å²) in [7, 11) is -17.2. The number of aliphatic hydroxyl groups excluding tert-OH is 1. The summed E-state index contributed by atoms with van der Waals surface area (Å²) in [6.07, 6.45) is 23.7. The van der Waals surface area contributed by atoms with Crippen molar-refractivity contribution in [3.05, 3.63) is 487 Å². The summed E-state index contributed by atoms with van der Waals surface area (Å²) < 4.78 is 133. The Morgan fingerprint density at radius 1 is 0.316 bits per heavy atom. The summed E-state index contributed by atoms with van der Waals surface area (Å²) in [6.45, 7) is 35.8. The van der Waals surface area contributed by atoms with Crippen LogP contribution in [0.4, 0.5) is 0 Å². The van der Waals surface area contributed by atoms with Crippen LogP contribution in [0.2, 0.25) is 0 Å². The zero-order valence-corrected chi connectivity index (χ0v) is 85.0. The van der Waals surface area contributed by atoms with Gasteiger partial charge in [-0.05, 0) is 264 Å². The number of ether oxygens (including phenoxy) is 1. The average Bonchev–Trinajstić information content (AvgIpc) is 0.811. The van der Waals surface area contributed by atoms with E-state index in [1.54, 1.807) is 91.0 Å². The Kier molecular flexibility index (Phi) is 53.4. The number of aliphatic hydroxyl groups is 1. The van der Waals surface area contributed by atoms with Crippen LogP contribution < -0.4 is 4.74 Å². The molecule has 15 nitrogen and oxygen atoms in total. The number of allylic oxidation sites excluding steroid dienone is 10. The number of rotatable bonds is 36. The van der Waals surface area contributed by atoms with E-state index in [9.17, 15) is 57.0 Å². The summed E-state index contributed by atoms with van der Waals surface area (Å²) in [5.41, 5.74) is 7.76. The van der Waals surface area contributed by atoms with Gasteiger partial charge in [-0.25, -0.2) is 33.7 Å². The number of hydrogen-bond acceptors (Lipinski definition) is 15. The van der Waals surface area contributed by atoms with Gasteiger partial charge in [-0.3, -0.25) is 0 Å². The van der Waals surface area contributed by atoms with E-state index in [1.807, 2.05) is 109 Å². The quantitative estimate of drug-likeness (QED) is 0.0210. The third-order valence-electron chi connectivity index (χ3n) is 20.5. The maximum absolute atomic E-state index is 10.8. The van der Waals surface area contributed by atoms with Crippen LogP contribution in [0.1, 0.15) is 149 Å². The molecule has 716 valence electrons. The Hall–Kier alpha value is -11.4. The van der Waals surface area contributed by atoms with Crippen LogP contribution in [0.5, 0.6) is 11.5 Å². The van der Waals surface area contributed by atoms with E-state index in [-0.39, 0.29) is 60.0 Å². The predicted molar refractivity (Wildman–Crippen MR) is 566 cm³/mol. The van der Waals surface area contributed by atoms with Gasteiger partial charge in [0.25, 0.3) is 0 Å². The molecule has 0 fully saturated rings. The fraction of sp³-hybridized carbons (Fsp3) is 0.186. The number of phenolic OH excluding ortho intramolecular Hbond substituents is 1. The van der Waals surface area contributed by atoms with Crippen molar-refractivity contribution >= 4 is 84.1 Å². The lowest BCUT2D eigenvalue weighted by molar-refractivity contribution is 0.299. The maximum atomic E-state index is 10.8. The number of benzene rings is 12. The van der Waals surface area contributed by atoms with Gasteiger partial charge < -0.3 is 33.2 Å². The second kappa shape index (κ2) is 63.1. The minimum Gasteiger partial charge on any atom is -0.748 e. The highest BCUT2D eigenvalue weighted by Gasteiger charge is 2.29. The van der Waals surface area contributed by atoms with Crippen LogP contribution in [0.3, 0.4) is 0 Å². The molecule has 0 aliphatic carbocycles. The molecule has 0 bridgehead atoms. The summed E-state index contributed by atoms with van der Waals surface area (Å²) in [4.78, 5) is 8.59. The molecule has 5 atom stereocenters. The van der Waals surface area contributed by atoms with Crippen molar-refractivity contribution in [2.75, 3.05) is 6.61 Å². The minimum atomic E-state index is -4.39. The molecular formula is C113H126O15S8. The molecule has 12 aromatic carbocycles. The van der Waals surface area contributed by atoms with E-state index >= 15 is 0 Å². The Balaban J connectivity index is 0.000000276. The van der Waals surface area contributed by atoms with Crippen LogP contribution in [0, 0.1) is 0 Å². The molecule has 0 radical (unpaired) electrons. The summed E-state index contributed by atoms with van der Waals surface area (Å²) in [5.74, 6) is 2.04. The monoisotopic (exact) mass is 1980 g/mol. The maximum Gasteiger partial charge on any atom is 0.166 e. The van der Waals surface area contributed by atoms with E-state index in [2.05, 4.69) is 273 Å². The molecule has 0 aliphatic heterocycles. The molecule has 0 heterocycles. The lowest BCUT2D eigenvalue weighted by atomic mass is 9.98. The number of aromatic hydroxyl groups is 1. The second-order valence-electron chi connectivity index (χ2n) is 30.5. The van der Waals surface area contributed by atoms with Gasteiger partial charge in [0.15, 0.2) is 34.3 Å². The summed E-state index contributed by atoms with van der Waals surface area (Å²) in [6, 6.07) is 103. The molecule has 2 N–H and O–H groups in total. The Morgan fingerprint density at radius 2 is 0.574 bits per heavy atom. The summed E-state index contributed by atoms with van der Waals surface area (Å²) in [5, 5.41) is 29.1. The third kappa shape index (κ3) is 45.1. The zero-order chi connectivity index (χ0) is 99.7. The van der Waals surface area contributed by atoms with Crippen molar-refractivity contribution in [1.29, 1.82) is 0 Å². The lowest BCUT2D eigenvalue weighted by Gasteiger charge is -2.11.